The Labute approximate surface area is 137 Å². The van der Waals surface area contributed by atoms with E-state index in [9.17, 15) is 0 Å². The van der Waals surface area contributed by atoms with Gasteiger partial charge in [-0.15, -0.1) is 23.4 Å². The Kier molecular flexibility index (Phi) is 5.42. The van der Waals surface area contributed by atoms with Gasteiger partial charge in [0.2, 0.25) is 0 Å². The van der Waals surface area contributed by atoms with Crippen LogP contribution in [0.5, 0.6) is 5.75 Å². The number of hydrogen-bond acceptors (Lipinski definition) is 2. The Hall–Kier alpha value is -0.640. The van der Waals surface area contributed by atoms with Crippen LogP contribution in [0.2, 0.25) is 0 Å². The van der Waals surface area contributed by atoms with Gasteiger partial charge in [0.25, 0.3) is 0 Å². The van der Waals surface area contributed by atoms with E-state index in [2.05, 4.69) is 34.3 Å². The average Bonchev–Trinajstić information content (AvgIpc) is 2.48. The second kappa shape index (κ2) is 6.88. The molecular weight excluding hydrogens is 356 g/mol. The predicted octanol–water partition coefficient (Wildman–Crippen LogP) is 5.82. The number of rotatable bonds is 4. The fraction of sp³-hybridized carbons (Fsp3) is 0.250. The highest BCUT2D eigenvalue weighted by Gasteiger charge is 2.19. The van der Waals surface area contributed by atoms with Crippen LogP contribution < -0.4 is 4.74 Å². The van der Waals surface area contributed by atoms with Crippen LogP contribution in [-0.4, -0.2) is 13.4 Å². The van der Waals surface area contributed by atoms with Crippen molar-refractivity contribution in [2.24, 2.45) is 0 Å². The summed E-state index contributed by atoms with van der Waals surface area (Å²) in [5.41, 5.74) is 3.22. The lowest BCUT2D eigenvalue weighted by molar-refractivity contribution is 0.409. The highest BCUT2D eigenvalue weighted by Crippen LogP contribution is 2.40. The van der Waals surface area contributed by atoms with Gasteiger partial charge in [-0.3, -0.25) is 0 Å². The van der Waals surface area contributed by atoms with Gasteiger partial charge in [0.05, 0.1) is 12.5 Å². The monoisotopic (exact) mass is 370 g/mol. The van der Waals surface area contributed by atoms with Crippen LogP contribution in [0.1, 0.15) is 22.1 Å². The minimum Gasteiger partial charge on any atom is -0.496 e. The molecule has 0 amide bonds. The van der Waals surface area contributed by atoms with Crippen molar-refractivity contribution in [2.75, 3.05) is 13.4 Å². The van der Waals surface area contributed by atoms with E-state index in [1.54, 1.807) is 18.9 Å². The molecule has 4 heteroatoms. The van der Waals surface area contributed by atoms with E-state index in [4.69, 9.17) is 16.3 Å². The summed E-state index contributed by atoms with van der Waals surface area (Å²) in [6, 6.07) is 12.3. The molecule has 0 saturated carbocycles. The van der Waals surface area contributed by atoms with E-state index in [1.165, 1.54) is 4.90 Å². The van der Waals surface area contributed by atoms with Crippen molar-refractivity contribution in [2.45, 2.75) is 17.2 Å². The molecule has 20 heavy (non-hydrogen) atoms. The summed E-state index contributed by atoms with van der Waals surface area (Å²) in [4.78, 5) is 1.19. The lowest BCUT2D eigenvalue weighted by atomic mass is 10.0. The van der Waals surface area contributed by atoms with Gasteiger partial charge in [-0.25, -0.2) is 0 Å². The molecule has 0 N–H and O–H groups in total. The summed E-state index contributed by atoms with van der Waals surface area (Å²) in [6.07, 6.45) is 2.06. The van der Waals surface area contributed by atoms with E-state index in [-0.39, 0.29) is 5.38 Å². The molecule has 0 radical (unpaired) electrons. The van der Waals surface area contributed by atoms with Gasteiger partial charge >= 0.3 is 0 Å². The first-order valence-corrected chi connectivity index (χ1v) is 8.65. The molecular formula is C16H16BrClOS. The maximum absolute atomic E-state index is 6.71. The highest BCUT2D eigenvalue weighted by atomic mass is 79.9. The van der Waals surface area contributed by atoms with Crippen LogP contribution in [-0.2, 0) is 0 Å². The largest absolute Gasteiger partial charge is 0.496 e. The Morgan fingerprint density at radius 2 is 1.90 bits per heavy atom. The van der Waals surface area contributed by atoms with Crippen molar-refractivity contribution < 1.29 is 4.74 Å². The predicted molar refractivity (Wildman–Crippen MR) is 91.4 cm³/mol. The van der Waals surface area contributed by atoms with Gasteiger partial charge in [0.1, 0.15) is 5.75 Å². The second-order valence-corrected chi connectivity index (χ2v) is 6.59. The summed E-state index contributed by atoms with van der Waals surface area (Å²) < 4.78 is 6.53. The zero-order valence-electron chi connectivity index (χ0n) is 11.6. The van der Waals surface area contributed by atoms with Gasteiger partial charge in [0.15, 0.2) is 0 Å². The Bertz CT molecular complexity index is 615. The third kappa shape index (κ3) is 3.16. The molecule has 0 bridgehead atoms. The number of thioether (sulfide) groups is 1. The summed E-state index contributed by atoms with van der Waals surface area (Å²) in [5.74, 6) is 0.821. The van der Waals surface area contributed by atoms with Crippen LogP contribution >= 0.6 is 39.3 Å². The van der Waals surface area contributed by atoms with Gasteiger partial charge < -0.3 is 4.74 Å². The minimum atomic E-state index is -0.231. The Balaban J connectivity index is 2.52. The van der Waals surface area contributed by atoms with Crippen molar-refractivity contribution in [3.63, 3.8) is 0 Å². The van der Waals surface area contributed by atoms with Crippen molar-refractivity contribution in [3.8, 4) is 5.75 Å². The normalized spacial score (nSPS) is 12.2. The van der Waals surface area contributed by atoms with E-state index < -0.39 is 0 Å². The molecule has 2 aromatic rings. The quantitative estimate of drug-likeness (QED) is 0.495. The van der Waals surface area contributed by atoms with Gasteiger partial charge in [0, 0.05) is 14.9 Å². The summed E-state index contributed by atoms with van der Waals surface area (Å²) >= 11 is 12.0. The maximum Gasteiger partial charge on any atom is 0.124 e. The SMILES string of the molecule is COc1cc(C)c(Br)cc1C(Cl)c1ccccc1SC. The first kappa shape index (κ1) is 15.7. The van der Waals surface area contributed by atoms with Crippen molar-refractivity contribution in [3.05, 3.63) is 57.6 Å². The fourth-order valence-corrected chi connectivity index (χ4v) is 3.51. The molecule has 2 aromatic carbocycles. The Morgan fingerprint density at radius 3 is 2.55 bits per heavy atom. The second-order valence-electron chi connectivity index (χ2n) is 4.45. The van der Waals surface area contributed by atoms with Crippen molar-refractivity contribution >= 4 is 39.3 Å². The number of halogens is 2. The van der Waals surface area contributed by atoms with E-state index in [0.717, 1.165) is 26.9 Å². The average molecular weight is 372 g/mol. The maximum atomic E-state index is 6.71. The Morgan fingerprint density at radius 1 is 1.20 bits per heavy atom. The smallest absolute Gasteiger partial charge is 0.124 e. The zero-order chi connectivity index (χ0) is 14.7. The molecule has 0 aliphatic carbocycles. The standard InChI is InChI=1S/C16H16BrClOS/c1-10-8-14(19-2)12(9-13(10)17)16(18)11-6-4-5-7-15(11)20-3/h4-9,16H,1-3H3. The molecule has 0 spiro atoms. The molecule has 1 nitrogen and oxygen atoms in total. The van der Waals surface area contributed by atoms with Crippen molar-refractivity contribution in [1.29, 1.82) is 0 Å². The van der Waals surface area contributed by atoms with E-state index in [0.29, 0.717) is 0 Å². The van der Waals surface area contributed by atoms with Crippen LogP contribution in [0.4, 0.5) is 0 Å². The number of ether oxygens (including phenoxy) is 1. The van der Waals surface area contributed by atoms with Crippen LogP contribution in [0.15, 0.2) is 45.8 Å². The zero-order valence-corrected chi connectivity index (χ0v) is 14.8. The summed E-state index contributed by atoms with van der Waals surface area (Å²) in [5, 5.41) is -0.231. The first-order valence-electron chi connectivity index (χ1n) is 6.19. The van der Waals surface area contributed by atoms with Crippen LogP contribution in [0.3, 0.4) is 0 Å². The van der Waals surface area contributed by atoms with Crippen LogP contribution in [0, 0.1) is 6.92 Å². The fourth-order valence-electron chi connectivity index (χ4n) is 2.09. The van der Waals surface area contributed by atoms with Gasteiger partial charge in [-0.2, -0.15) is 0 Å². The minimum absolute atomic E-state index is 0.231. The van der Waals surface area contributed by atoms with Gasteiger partial charge in [-0.05, 0) is 42.5 Å². The number of methoxy groups -OCH3 is 1. The molecule has 0 heterocycles. The highest BCUT2D eigenvalue weighted by molar-refractivity contribution is 9.10. The molecule has 0 saturated heterocycles. The summed E-state index contributed by atoms with van der Waals surface area (Å²) in [7, 11) is 1.68. The van der Waals surface area contributed by atoms with Crippen molar-refractivity contribution in [1.82, 2.24) is 0 Å². The number of aryl methyl sites for hydroxylation is 1. The number of alkyl halides is 1. The molecule has 1 unspecified atom stereocenters. The van der Waals surface area contributed by atoms with Crippen LogP contribution in [0.25, 0.3) is 0 Å². The number of benzene rings is 2. The topological polar surface area (TPSA) is 9.23 Å². The molecule has 106 valence electrons. The molecule has 2 rings (SSSR count). The lowest BCUT2D eigenvalue weighted by Crippen LogP contribution is -2.00. The molecule has 0 aromatic heterocycles. The number of hydrogen-bond donors (Lipinski definition) is 0. The van der Waals surface area contributed by atoms with Gasteiger partial charge in [-0.1, -0.05) is 34.1 Å². The lowest BCUT2D eigenvalue weighted by Gasteiger charge is -2.18. The summed E-state index contributed by atoms with van der Waals surface area (Å²) in [6.45, 7) is 2.04. The molecule has 0 aliphatic heterocycles. The first-order chi connectivity index (χ1) is 9.58. The third-order valence-corrected chi connectivity index (χ3v) is 5.33. The third-order valence-electron chi connectivity index (χ3n) is 3.20. The molecule has 1 atom stereocenters. The van der Waals surface area contributed by atoms with E-state index in [1.807, 2.05) is 31.2 Å². The molecule has 0 fully saturated rings. The van der Waals surface area contributed by atoms with E-state index >= 15 is 0 Å². The molecule has 0 aliphatic rings.